The molecule has 0 spiro atoms. The first-order valence-electron chi connectivity index (χ1n) is 8.57. The van der Waals surface area contributed by atoms with Crippen LogP contribution >= 0.6 is 0 Å². The number of carbonyl (C=O) groups is 2. The third-order valence-corrected chi connectivity index (χ3v) is 4.50. The average molecular weight is 362 g/mol. The fourth-order valence-electron chi connectivity index (χ4n) is 3.12. The molecule has 3 N–H and O–H groups in total. The molecule has 0 bridgehead atoms. The lowest BCUT2D eigenvalue weighted by molar-refractivity contribution is -0.137. The Balaban J connectivity index is 1.62. The fourth-order valence-corrected chi connectivity index (χ4v) is 3.12. The Morgan fingerprint density at radius 1 is 1.19 bits per heavy atom. The van der Waals surface area contributed by atoms with Gasteiger partial charge in [0.1, 0.15) is 5.69 Å². The molecule has 136 valence electrons. The van der Waals surface area contributed by atoms with Gasteiger partial charge in [-0.15, -0.1) is 0 Å². The summed E-state index contributed by atoms with van der Waals surface area (Å²) in [6.45, 7) is 1.95. The van der Waals surface area contributed by atoms with Crippen LogP contribution in [0.15, 0.2) is 54.6 Å². The Bertz CT molecular complexity index is 1140. The van der Waals surface area contributed by atoms with Crippen molar-refractivity contribution in [3.05, 3.63) is 71.4 Å². The molecule has 0 saturated heterocycles. The van der Waals surface area contributed by atoms with E-state index in [2.05, 4.69) is 15.4 Å². The van der Waals surface area contributed by atoms with Crippen LogP contribution in [0.4, 0.5) is 0 Å². The summed E-state index contributed by atoms with van der Waals surface area (Å²) in [5, 5.41) is 15.0. The molecule has 0 fully saturated rings. The monoisotopic (exact) mass is 362 g/mol. The van der Waals surface area contributed by atoms with Gasteiger partial charge in [0.05, 0.1) is 23.5 Å². The molecule has 2 aromatic heterocycles. The van der Waals surface area contributed by atoms with Crippen molar-refractivity contribution in [1.82, 2.24) is 19.9 Å². The molecule has 0 unspecified atom stereocenters. The molecule has 4 rings (SSSR count). The van der Waals surface area contributed by atoms with Crippen molar-refractivity contribution in [1.29, 1.82) is 0 Å². The van der Waals surface area contributed by atoms with Crippen LogP contribution in [-0.4, -0.2) is 31.6 Å². The number of carboxylic acid groups (broad SMARTS) is 1. The number of hydrogen-bond donors (Lipinski definition) is 3. The van der Waals surface area contributed by atoms with Crippen molar-refractivity contribution in [2.24, 2.45) is 0 Å². The van der Waals surface area contributed by atoms with E-state index in [4.69, 9.17) is 0 Å². The molecule has 1 atom stereocenters. The second-order valence-electron chi connectivity index (χ2n) is 6.50. The Morgan fingerprint density at radius 2 is 1.93 bits per heavy atom. The lowest BCUT2D eigenvalue weighted by Gasteiger charge is -2.17. The first kappa shape index (κ1) is 16.8. The first-order valence-corrected chi connectivity index (χ1v) is 8.57. The van der Waals surface area contributed by atoms with Crippen LogP contribution in [0, 0.1) is 6.92 Å². The number of imidazole rings is 1. The number of benzene rings is 2. The third kappa shape index (κ3) is 3.27. The number of aromatic amines is 1. The van der Waals surface area contributed by atoms with E-state index in [0.29, 0.717) is 11.3 Å². The molecule has 1 amide bonds. The average Bonchev–Trinajstić information content (AvgIpc) is 3.19. The number of hydrogen-bond acceptors (Lipinski definition) is 3. The second kappa shape index (κ2) is 6.60. The largest absolute Gasteiger partial charge is 0.481 e. The predicted octanol–water partition coefficient (Wildman–Crippen LogP) is 3.07. The number of aliphatic carboxylic acids is 1. The molecule has 2 heterocycles. The van der Waals surface area contributed by atoms with Crippen LogP contribution < -0.4 is 5.32 Å². The summed E-state index contributed by atoms with van der Waals surface area (Å²) in [6.07, 6.45) is -0.199. The van der Waals surface area contributed by atoms with E-state index in [1.807, 2.05) is 55.5 Å². The minimum absolute atomic E-state index is 0.199. The smallest absolute Gasteiger partial charge is 0.305 e. The van der Waals surface area contributed by atoms with Crippen LogP contribution in [-0.2, 0) is 4.79 Å². The number of amides is 1. The number of rotatable bonds is 5. The first-order chi connectivity index (χ1) is 13.0. The normalized spacial score (nSPS) is 12.3. The molecular weight excluding hydrogens is 344 g/mol. The van der Waals surface area contributed by atoms with E-state index in [1.54, 1.807) is 10.6 Å². The summed E-state index contributed by atoms with van der Waals surface area (Å²) < 4.78 is 1.74. The van der Waals surface area contributed by atoms with Crippen molar-refractivity contribution in [2.45, 2.75) is 19.4 Å². The standard InChI is InChI=1S/C20H18N4O3/c1-12-6-8-13(9-7-12)15(11-19(25)26)22-20(27)16-10-18-21-14-4-2-3-5-17(14)24(18)23-16/h2-10,15,23H,11H2,1H3,(H,22,27)(H,25,26)/t15-/m1/s1. The maximum absolute atomic E-state index is 12.7. The van der Waals surface area contributed by atoms with Crippen LogP contribution in [0.3, 0.4) is 0 Å². The summed E-state index contributed by atoms with van der Waals surface area (Å²) in [6, 6.07) is 16.1. The molecule has 0 radical (unpaired) electrons. The predicted molar refractivity (Wildman–Crippen MR) is 101 cm³/mol. The highest BCUT2D eigenvalue weighted by atomic mass is 16.4. The molecule has 0 saturated carbocycles. The summed E-state index contributed by atoms with van der Waals surface area (Å²) >= 11 is 0. The molecular formula is C20H18N4O3. The van der Waals surface area contributed by atoms with Gasteiger partial charge in [-0.25, -0.2) is 9.50 Å². The number of nitrogens with one attached hydrogen (secondary N) is 2. The van der Waals surface area contributed by atoms with Crippen LogP contribution in [0.1, 0.15) is 34.1 Å². The zero-order valence-corrected chi connectivity index (χ0v) is 14.6. The van der Waals surface area contributed by atoms with Crippen molar-refractivity contribution < 1.29 is 14.7 Å². The van der Waals surface area contributed by atoms with Gasteiger partial charge in [0.2, 0.25) is 0 Å². The quantitative estimate of drug-likeness (QED) is 0.508. The molecule has 0 aliphatic rings. The summed E-state index contributed by atoms with van der Waals surface area (Å²) in [7, 11) is 0. The van der Waals surface area contributed by atoms with E-state index in [1.165, 1.54) is 0 Å². The molecule has 7 nitrogen and oxygen atoms in total. The third-order valence-electron chi connectivity index (χ3n) is 4.50. The van der Waals surface area contributed by atoms with E-state index in [-0.39, 0.29) is 12.3 Å². The van der Waals surface area contributed by atoms with Gasteiger partial charge in [-0.1, -0.05) is 42.0 Å². The highest BCUT2D eigenvalue weighted by Crippen LogP contribution is 2.20. The molecule has 4 aromatic rings. The van der Waals surface area contributed by atoms with E-state index < -0.39 is 12.0 Å². The van der Waals surface area contributed by atoms with Crippen LogP contribution in [0.25, 0.3) is 16.7 Å². The van der Waals surface area contributed by atoms with Crippen molar-refractivity contribution >= 4 is 28.6 Å². The van der Waals surface area contributed by atoms with Gasteiger partial charge >= 0.3 is 5.97 Å². The van der Waals surface area contributed by atoms with E-state index in [9.17, 15) is 14.7 Å². The molecule has 0 aliphatic heterocycles. The number of nitrogens with zero attached hydrogens (tertiary/aromatic N) is 2. The van der Waals surface area contributed by atoms with Gasteiger partial charge in [0, 0.05) is 6.07 Å². The van der Waals surface area contributed by atoms with Gasteiger partial charge < -0.3 is 10.4 Å². The lowest BCUT2D eigenvalue weighted by Crippen LogP contribution is -2.30. The SMILES string of the molecule is Cc1ccc([C@@H](CC(=O)O)NC(=O)c2cc3nc4ccccc4n3[nH]2)cc1. The van der Waals surface area contributed by atoms with Crippen molar-refractivity contribution in [2.75, 3.05) is 0 Å². The number of H-pyrrole nitrogens is 1. The van der Waals surface area contributed by atoms with Gasteiger partial charge in [-0.3, -0.25) is 14.7 Å². The van der Waals surface area contributed by atoms with Crippen LogP contribution in [0.5, 0.6) is 0 Å². The zero-order chi connectivity index (χ0) is 19.0. The minimum atomic E-state index is -0.979. The topological polar surface area (TPSA) is 99.5 Å². The molecule has 0 aliphatic carbocycles. The van der Waals surface area contributed by atoms with Crippen molar-refractivity contribution in [3.63, 3.8) is 0 Å². The Kier molecular flexibility index (Phi) is 4.12. The fraction of sp³-hybridized carbons (Fsp3) is 0.150. The molecule has 7 heteroatoms. The zero-order valence-electron chi connectivity index (χ0n) is 14.6. The second-order valence-corrected chi connectivity index (χ2v) is 6.50. The number of carboxylic acids is 1. The number of carbonyl (C=O) groups excluding carboxylic acids is 1. The summed E-state index contributed by atoms with van der Waals surface area (Å²) in [5.74, 6) is -1.36. The maximum atomic E-state index is 12.7. The lowest BCUT2D eigenvalue weighted by atomic mass is 10.0. The molecule has 27 heavy (non-hydrogen) atoms. The highest BCUT2D eigenvalue weighted by molar-refractivity contribution is 5.95. The Morgan fingerprint density at radius 3 is 2.67 bits per heavy atom. The number of aryl methyl sites for hydroxylation is 1. The van der Waals surface area contributed by atoms with Gasteiger partial charge in [0.15, 0.2) is 5.65 Å². The molecule has 2 aromatic carbocycles. The number of aromatic nitrogens is 3. The van der Waals surface area contributed by atoms with E-state index in [0.717, 1.165) is 22.2 Å². The van der Waals surface area contributed by atoms with Gasteiger partial charge in [0.25, 0.3) is 5.91 Å². The summed E-state index contributed by atoms with van der Waals surface area (Å²) in [5.41, 5.74) is 4.47. The highest BCUT2D eigenvalue weighted by Gasteiger charge is 2.20. The summed E-state index contributed by atoms with van der Waals surface area (Å²) in [4.78, 5) is 28.4. The number of para-hydroxylation sites is 2. The Labute approximate surface area is 154 Å². The Hall–Kier alpha value is -3.61. The van der Waals surface area contributed by atoms with E-state index >= 15 is 0 Å². The van der Waals surface area contributed by atoms with Gasteiger partial charge in [-0.05, 0) is 24.6 Å². The van der Waals surface area contributed by atoms with Crippen LogP contribution in [0.2, 0.25) is 0 Å². The van der Waals surface area contributed by atoms with Crippen molar-refractivity contribution in [3.8, 4) is 0 Å². The van der Waals surface area contributed by atoms with Gasteiger partial charge in [-0.2, -0.15) is 0 Å². The maximum Gasteiger partial charge on any atom is 0.305 e. The minimum Gasteiger partial charge on any atom is -0.481 e. The number of fused-ring (bicyclic) bond motifs is 3.